The molecule has 7 heteroatoms. The number of likely N-dealkylation sites (N-methyl/N-ethyl adjacent to an activating group) is 1. The van der Waals surface area contributed by atoms with Gasteiger partial charge in [-0.3, -0.25) is 4.79 Å². The second-order valence-electron chi connectivity index (χ2n) is 6.55. The number of carbonyl (C=O) groups is 1. The lowest BCUT2D eigenvalue weighted by Crippen LogP contribution is -2.42. The lowest BCUT2D eigenvalue weighted by molar-refractivity contribution is 0.0731. The van der Waals surface area contributed by atoms with Gasteiger partial charge in [0, 0.05) is 31.2 Å². The van der Waals surface area contributed by atoms with Crippen molar-refractivity contribution >= 4 is 15.9 Å². The molecule has 1 saturated heterocycles. The monoisotopic (exact) mass is 368 g/mol. The van der Waals surface area contributed by atoms with Crippen molar-refractivity contribution in [1.29, 1.82) is 0 Å². The Morgan fingerprint density at radius 2 is 2.08 bits per heavy atom. The van der Waals surface area contributed by atoms with Crippen LogP contribution in [0.5, 0.6) is 0 Å². The van der Waals surface area contributed by atoms with E-state index in [0.717, 1.165) is 24.8 Å². The highest BCUT2D eigenvalue weighted by Crippen LogP contribution is 2.26. The summed E-state index contributed by atoms with van der Waals surface area (Å²) in [6, 6.07) is 4.71. The van der Waals surface area contributed by atoms with Crippen molar-refractivity contribution in [3.05, 3.63) is 29.3 Å². The third-order valence-electron chi connectivity index (χ3n) is 4.83. The topological polar surface area (TPSA) is 77.9 Å². The third-order valence-corrected chi connectivity index (χ3v) is 6.84. The van der Waals surface area contributed by atoms with Gasteiger partial charge in [-0.05, 0) is 51.3 Å². The van der Waals surface area contributed by atoms with Gasteiger partial charge in [-0.1, -0.05) is 12.5 Å². The Balaban J connectivity index is 2.39. The number of carbonyl (C=O) groups excluding carboxylic acids is 1. The first-order valence-electron chi connectivity index (χ1n) is 8.85. The van der Waals surface area contributed by atoms with Crippen LogP contribution in [0, 0.1) is 6.92 Å². The molecule has 1 aromatic carbocycles. The minimum absolute atomic E-state index is 0.0271. The molecule has 1 atom stereocenters. The smallest absolute Gasteiger partial charge is 0.254 e. The van der Waals surface area contributed by atoms with Gasteiger partial charge in [0.05, 0.1) is 11.5 Å². The average Bonchev–Trinajstić information content (AvgIpc) is 2.59. The molecule has 2 rings (SSSR count). The minimum Gasteiger partial charge on any atom is -0.395 e. The van der Waals surface area contributed by atoms with Crippen LogP contribution in [0.3, 0.4) is 0 Å². The van der Waals surface area contributed by atoms with E-state index >= 15 is 0 Å². The number of rotatable bonds is 6. The average molecular weight is 368 g/mol. The molecular formula is C18H28N2O4S. The number of benzene rings is 1. The van der Waals surface area contributed by atoms with Crippen molar-refractivity contribution in [3.63, 3.8) is 0 Å². The number of aliphatic hydroxyl groups excluding tert-OH is 1. The van der Waals surface area contributed by atoms with Crippen LogP contribution in [-0.4, -0.2) is 60.9 Å². The summed E-state index contributed by atoms with van der Waals surface area (Å²) >= 11 is 0. The molecule has 1 unspecified atom stereocenters. The van der Waals surface area contributed by atoms with E-state index in [-0.39, 0.29) is 30.0 Å². The summed E-state index contributed by atoms with van der Waals surface area (Å²) in [6.45, 7) is 6.64. The number of sulfonamides is 1. The highest BCUT2D eigenvalue weighted by Gasteiger charge is 2.31. The van der Waals surface area contributed by atoms with Gasteiger partial charge in [0.25, 0.3) is 5.91 Å². The molecule has 25 heavy (non-hydrogen) atoms. The van der Waals surface area contributed by atoms with E-state index < -0.39 is 10.0 Å². The fraction of sp³-hybridized carbons (Fsp3) is 0.611. The zero-order valence-electron chi connectivity index (χ0n) is 15.2. The minimum atomic E-state index is -3.62. The molecule has 0 aliphatic carbocycles. The predicted octanol–water partition coefficient (Wildman–Crippen LogP) is 2.01. The van der Waals surface area contributed by atoms with Gasteiger partial charge in [-0.25, -0.2) is 8.42 Å². The Labute approximate surface area is 150 Å². The molecule has 0 saturated carbocycles. The Morgan fingerprint density at radius 3 is 2.68 bits per heavy atom. The van der Waals surface area contributed by atoms with Crippen LogP contribution in [0.1, 0.15) is 49.0 Å². The maximum atomic E-state index is 13.0. The van der Waals surface area contributed by atoms with Crippen LogP contribution in [0.25, 0.3) is 0 Å². The molecule has 0 bridgehead atoms. The summed E-state index contributed by atoms with van der Waals surface area (Å²) < 4.78 is 27.6. The Bertz CT molecular complexity index is 718. The molecule has 1 N–H and O–H groups in total. The number of aryl methyl sites for hydroxylation is 1. The number of amides is 1. The van der Waals surface area contributed by atoms with E-state index in [1.165, 1.54) is 11.0 Å². The Morgan fingerprint density at radius 1 is 1.36 bits per heavy atom. The number of piperidine rings is 1. The largest absolute Gasteiger partial charge is 0.395 e. The van der Waals surface area contributed by atoms with Crippen LogP contribution in [-0.2, 0) is 10.0 Å². The SMILES string of the molecule is CCN(CCO)C(=O)c1cc(S(=O)(=O)N2CCCCC2C)ccc1C. The predicted molar refractivity (Wildman–Crippen MR) is 97.0 cm³/mol. The van der Waals surface area contributed by atoms with Crippen LogP contribution >= 0.6 is 0 Å². The molecule has 6 nitrogen and oxygen atoms in total. The molecule has 1 aliphatic rings. The van der Waals surface area contributed by atoms with Crippen molar-refractivity contribution in [2.45, 2.75) is 51.0 Å². The van der Waals surface area contributed by atoms with Crippen LogP contribution in [0.15, 0.2) is 23.1 Å². The summed E-state index contributed by atoms with van der Waals surface area (Å²) in [5.41, 5.74) is 1.10. The van der Waals surface area contributed by atoms with Gasteiger partial charge in [0.15, 0.2) is 0 Å². The first kappa shape index (κ1) is 19.9. The molecule has 1 aliphatic heterocycles. The molecule has 1 fully saturated rings. The van der Waals surface area contributed by atoms with Crippen molar-refractivity contribution < 1.29 is 18.3 Å². The van der Waals surface area contributed by atoms with Crippen molar-refractivity contribution in [3.8, 4) is 0 Å². The van der Waals surface area contributed by atoms with Crippen LogP contribution in [0.4, 0.5) is 0 Å². The normalized spacial score (nSPS) is 19.0. The zero-order valence-corrected chi connectivity index (χ0v) is 16.1. The zero-order chi connectivity index (χ0) is 18.6. The van der Waals surface area contributed by atoms with E-state index in [9.17, 15) is 13.2 Å². The molecule has 1 heterocycles. The standard InChI is InChI=1S/C18H28N2O4S/c1-4-19(11-12-21)18(22)17-13-16(9-8-14(17)2)25(23,24)20-10-6-5-7-15(20)3/h8-9,13,15,21H,4-7,10-12H2,1-3H3. The van der Waals surface area contributed by atoms with Gasteiger partial charge in [-0.15, -0.1) is 0 Å². The second kappa shape index (κ2) is 8.29. The van der Waals surface area contributed by atoms with E-state index in [1.807, 2.05) is 13.8 Å². The van der Waals surface area contributed by atoms with Crippen molar-refractivity contribution in [2.75, 3.05) is 26.2 Å². The number of aliphatic hydroxyl groups is 1. The highest BCUT2D eigenvalue weighted by atomic mass is 32.2. The maximum absolute atomic E-state index is 13.0. The Hall–Kier alpha value is -1.44. The molecule has 1 aromatic rings. The van der Waals surface area contributed by atoms with E-state index in [0.29, 0.717) is 18.7 Å². The van der Waals surface area contributed by atoms with Crippen molar-refractivity contribution in [1.82, 2.24) is 9.21 Å². The van der Waals surface area contributed by atoms with Crippen molar-refractivity contribution in [2.24, 2.45) is 0 Å². The fourth-order valence-corrected chi connectivity index (χ4v) is 4.98. The van der Waals surface area contributed by atoms with E-state index in [1.54, 1.807) is 23.4 Å². The molecule has 0 aromatic heterocycles. The molecule has 0 spiro atoms. The second-order valence-corrected chi connectivity index (χ2v) is 8.44. The Kier molecular flexibility index (Phi) is 6.59. The lowest BCUT2D eigenvalue weighted by atomic mass is 10.1. The van der Waals surface area contributed by atoms with Gasteiger partial charge < -0.3 is 10.0 Å². The third kappa shape index (κ3) is 4.22. The lowest BCUT2D eigenvalue weighted by Gasteiger charge is -2.32. The number of hydrogen-bond donors (Lipinski definition) is 1. The maximum Gasteiger partial charge on any atom is 0.254 e. The highest BCUT2D eigenvalue weighted by molar-refractivity contribution is 7.89. The number of nitrogens with zero attached hydrogens (tertiary/aromatic N) is 2. The first-order valence-corrected chi connectivity index (χ1v) is 10.3. The van der Waals surface area contributed by atoms with E-state index in [4.69, 9.17) is 5.11 Å². The van der Waals surface area contributed by atoms with Gasteiger partial charge in [0.1, 0.15) is 0 Å². The molecule has 1 amide bonds. The first-order chi connectivity index (χ1) is 11.8. The summed E-state index contributed by atoms with van der Waals surface area (Å²) in [6.07, 6.45) is 2.76. The molecular weight excluding hydrogens is 340 g/mol. The van der Waals surface area contributed by atoms with Crippen LogP contribution < -0.4 is 0 Å². The van der Waals surface area contributed by atoms with Crippen LogP contribution in [0.2, 0.25) is 0 Å². The molecule has 140 valence electrons. The number of hydrogen-bond acceptors (Lipinski definition) is 4. The summed E-state index contributed by atoms with van der Waals surface area (Å²) in [4.78, 5) is 14.4. The summed E-state index contributed by atoms with van der Waals surface area (Å²) in [5.74, 6) is -0.252. The quantitative estimate of drug-likeness (QED) is 0.833. The van der Waals surface area contributed by atoms with Gasteiger partial charge in [-0.2, -0.15) is 4.31 Å². The van der Waals surface area contributed by atoms with E-state index in [2.05, 4.69) is 0 Å². The summed E-state index contributed by atoms with van der Waals surface area (Å²) in [7, 11) is -3.62. The van der Waals surface area contributed by atoms with Gasteiger partial charge in [0.2, 0.25) is 10.0 Å². The molecule has 0 radical (unpaired) electrons. The van der Waals surface area contributed by atoms with Gasteiger partial charge >= 0.3 is 0 Å². The summed E-state index contributed by atoms with van der Waals surface area (Å²) in [5, 5.41) is 9.12. The fourth-order valence-electron chi connectivity index (χ4n) is 3.25.